The summed E-state index contributed by atoms with van der Waals surface area (Å²) in [5.41, 5.74) is 2.35. The number of aromatic nitrogens is 1. The highest BCUT2D eigenvalue weighted by molar-refractivity contribution is 6.31. The maximum Gasteiger partial charge on any atom is 0.0952 e. The Morgan fingerprint density at radius 1 is 1.19 bits per heavy atom. The Balaban J connectivity index is 2.04. The van der Waals surface area contributed by atoms with Crippen molar-refractivity contribution in [3.05, 3.63) is 59.6 Å². The smallest absolute Gasteiger partial charge is 0.0952 e. The third-order valence-electron chi connectivity index (χ3n) is 2.67. The van der Waals surface area contributed by atoms with E-state index in [1.165, 1.54) is 5.52 Å². The molecule has 0 aliphatic heterocycles. The van der Waals surface area contributed by atoms with Crippen LogP contribution in [0, 0.1) is 0 Å². The molecule has 0 amide bonds. The first-order chi connectivity index (χ1) is 7.83. The van der Waals surface area contributed by atoms with Crippen LogP contribution in [0.25, 0.3) is 10.9 Å². The molecule has 3 aromatic rings. The Morgan fingerprint density at radius 3 is 2.94 bits per heavy atom. The molecule has 2 aromatic heterocycles. The van der Waals surface area contributed by atoms with Gasteiger partial charge in [0.1, 0.15) is 0 Å². The summed E-state index contributed by atoms with van der Waals surface area (Å²) in [6.07, 6.45) is 5.52. The number of benzene rings is 1. The molecule has 0 aliphatic carbocycles. The van der Waals surface area contributed by atoms with Crippen molar-refractivity contribution < 1.29 is 4.42 Å². The van der Waals surface area contributed by atoms with Crippen LogP contribution in [0.2, 0.25) is 5.02 Å². The summed E-state index contributed by atoms with van der Waals surface area (Å²) in [4.78, 5) is 0. The highest BCUT2D eigenvalue weighted by Crippen LogP contribution is 2.21. The number of hydrogen-bond donors (Lipinski definition) is 0. The van der Waals surface area contributed by atoms with Crippen LogP contribution in [0.15, 0.2) is 53.5 Å². The summed E-state index contributed by atoms with van der Waals surface area (Å²) >= 11 is 5.95. The second-order valence-corrected chi connectivity index (χ2v) is 4.21. The van der Waals surface area contributed by atoms with Crippen LogP contribution >= 0.6 is 11.6 Å². The zero-order chi connectivity index (χ0) is 11.0. The molecule has 0 radical (unpaired) electrons. The van der Waals surface area contributed by atoms with Gasteiger partial charge in [-0.05, 0) is 30.3 Å². The number of fused-ring (bicyclic) bond motifs is 1. The zero-order valence-corrected chi connectivity index (χ0v) is 9.32. The fourth-order valence-electron chi connectivity index (χ4n) is 1.89. The summed E-state index contributed by atoms with van der Waals surface area (Å²) in [6, 6.07) is 9.97. The van der Waals surface area contributed by atoms with Crippen molar-refractivity contribution in [3.63, 3.8) is 0 Å². The van der Waals surface area contributed by atoms with Gasteiger partial charge in [-0.25, -0.2) is 0 Å². The predicted octanol–water partition coefficient (Wildman–Crippen LogP) is 3.94. The number of rotatable bonds is 2. The van der Waals surface area contributed by atoms with Crippen LogP contribution in [-0.4, -0.2) is 4.57 Å². The van der Waals surface area contributed by atoms with Crippen molar-refractivity contribution >= 4 is 22.5 Å². The summed E-state index contributed by atoms with van der Waals surface area (Å²) in [5, 5.41) is 1.93. The van der Waals surface area contributed by atoms with E-state index in [1.807, 2.05) is 24.3 Å². The van der Waals surface area contributed by atoms with Gasteiger partial charge in [-0.1, -0.05) is 11.6 Å². The molecule has 16 heavy (non-hydrogen) atoms. The molecule has 3 heteroatoms. The maximum atomic E-state index is 5.95. The second kappa shape index (κ2) is 3.72. The standard InChI is InChI=1S/C13H10ClNO/c14-12-1-2-13-11(7-12)3-5-15(13)8-10-4-6-16-9-10/h1-7,9H,8H2. The van der Waals surface area contributed by atoms with Crippen LogP contribution < -0.4 is 0 Å². The van der Waals surface area contributed by atoms with Gasteiger partial charge in [-0.3, -0.25) is 0 Å². The van der Waals surface area contributed by atoms with E-state index in [-0.39, 0.29) is 0 Å². The highest BCUT2D eigenvalue weighted by Gasteiger charge is 2.02. The first-order valence-corrected chi connectivity index (χ1v) is 5.46. The molecule has 0 aliphatic rings. The van der Waals surface area contributed by atoms with Crippen molar-refractivity contribution in [1.29, 1.82) is 0 Å². The third-order valence-corrected chi connectivity index (χ3v) is 2.90. The van der Waals surface area contributed by atoms with Gasteiger partial charge in [0.25, 0.3) is 0 Å². The van der Waals surface area contributed by atoms with E-state index in [1.54, 1.807) is 12.5 Å². The summed E-state index contributed by atoms with van der Waals surface area (Å²) in [7, 11) is 0. The van der Waals surface area contributed by atoms with Crippen LogP contribution in [0.3, 0.4) is 0 Å². The van der Waals surface area contributed by atoms with E-state index in [2.05, 4.69) is 16.8 Å². The minimum Gasteiger partial charge on any atom is -0.472 e. The minimum atomic E-state index is 0.772. The predicted molar refractivity (Wildman–Crippen MR) is 64.8 cm³/mol. The Hall–Kier alpha value is -1.67. The molecule has 0 fully saturated rings. The Morgan fingerprint density at radius 2 is 2.12 bits per heavy atom. The Kier molecular flexibility index (Phi) is 2.22. The Bertz CT molecular complexity index is 610. The molecule has 0 N–H and O–H groups in total. The third kappa shape index (κ3) is 1.61. The van der Waals surface area contributed by atoms with E-state index in [9.17, 15) is 0 Å². The van der Waals surface area contributed by atoms with Crippen molar-refractivity contribution in [2.45, 2.75) is 6.54 Å². The fraction of sp³-hybridized carbons (Fsp3) is 0.0769. The molecule has 1 aromatic carbocycles. The quantitative estimate of drug-likeness (QED) is 0.653. The van der Waals surface area contributed by atoms with Gasteiger partial charge in [-0.2, -0.15) is 0 Å². The van der Waals surface area contributed by atoms with Crippen molar-refractivity contribution in [2.75, 3.05) is 0 Å². The monoisotopic (exact) mass is 231 g/mol. The largest absolute Gasteiger partial charge is 0.472 e. The molecule has 0 unspecified atom stereocenters. The van der Waals surface area contributed by atoms with E-state index in [0.717, 1.165) is 22.5 Å². The second-order valence-electron chi connectivity index (χ2n) is 3.78. The van der Waals surface area contributed by atoms with Crippen molar-refractivity contribution in [2.24, 2.45) is 0 Å². The molecule has 2 nitrogen and oxygen atoms in total. The SMILES string of the molecule is Clc1ccc2c(ccn2Cc2ccoc2)c1. The molecule has 0 saturated heterocycles. The van der Waals surface area contributed by atoms with Crippen molar-refractivity contribution in [1.82, 2.24) is 4.57 Å². The molecule has 0 spiro atoms. The molecule has 0 bridgehead atoms. The lowest BCUT2D eigenvalue weighted by Crippen LogP contribution is -1.95. The molecule has 0 atom stereocenters. The summed E-state index contributed by atoms with van der Waals surface area (Å²) in [6.45, 7) is 0.821. The minimum absolute atomic E-state index is 0.772. The summed E-state index contributed by atoms with van der Waals surface area (Å²) < 4.78 is 7.24. The lowest BCUT2D eigenvalue weighted by Gasteiger charge is -2.02. The fourth-order valence-corrected chi connectivity index (χ4v) is 2.07. The van der Waals surface area contributed by atoms with Gasteiger partial charge >= 0.3 is 0 Å². The molecular weight excluding hydrogens is 222 g/mol. The maximum absolute atomic E-state index is 5.95. The number of furan rings is 1. The topological polar surface area (TPSA) is 18.1 Å². The number of hydrogen-bond acceptors (Lipinski definition) is 1. The average Bonchev–Trinajstić information content (AvgIpc) is 2.89. The van der Waals surface area contributed by atoms with Gasteiger partial charge in [-0.15, -0.1) is 0 Å². The van der Waals surface area contributed by atoms with Crippen LogP contribution in [0.5, 0.6) is 0 Å². The van der Waals surface area contributed by atoms with Gasteiger partial charge in [0, 0.05) is 27.7 Å². The lowest BCUT2D eigenvalue weighted by atomic mass is 10.2. The molecular formula is C13H10ClNO. The van der Waals surface area contributed by atoms with Crippen LogP contribution in [0.1, 0.15) is 5.56 Å². The van der Waals surface area contributed by atoms with E-state index in [0.29, 0.717) is 0 Å². The van der Waals surface area contributed by atoms with E-state index < -0.39 is 0 Å². The van der Waals surface area contributed by atoms with Crippen LogP contribution in [-0.2, 0) is 6.54 Å². The molecule has 2 heterocycles. The van der Waals surface area contributed by atoms with E-state index in [4.69, 9.17) is 16.0 Å². The normalized spacial score (nSPS) is 11.1. The highest BCUT2D eigenvalue weighted by atomic mass is 35.5. The van der Waals surface area contributed by atoms with Gasteiger partial charge in [0.2, 0.25) is 0 Å². The Labute approximate surface area is 98.1 Å². The average molecular weight is 232 g/mol. The molecule has 3 rings (SSSR count). The van der Waals surface area contributed by atoms with E-state index >= 15 is 0 Å². The summed E-state index contributed by atoms with van der Waals surface area (Å²) in [5.74, 6) is 0. The lowest BCUT2D eigenvalue weighted by molar-refractivity contribution is 0.562. The number of halogens is 1. The number of nitrogens with zero attached hydrogens (tertiary/aromatic N) is 1. The zero-order valence-electron chi connectivity index (χ0n) is 8.56. The molecule has 0 saturated carbocycles. The first kappa shape index (κ1) is 9.55. The van der Waals surface area contributed by atoms with Crippen molar-refractivity contribution in [3.8, 4) is 0 Å². The van der Waals surface area contributed by atoms with Crippen LogP contribution in [0.4, 0.5) is 0 Å². The van der Waals surface area contributed by atoms with Gasteiger partial charge < -0.3 is 8.98 Å². The molecule has 80 valence electrons. The first-order valence-electron chi connectivity index (χ1n) is 5.08. The van der Waals surface area contributed by atoms with Gasteiger partial charge in [0.05, 0.1) is 19.1 Å². The van der Waals surface area contributed by atoms with Gasteiger partial charge in [0.15, 0.2) is 0 Å².